The topological polar surface area (TPSA) is 76.0 Å². The van der Waals surface area contributed by atoms with Gasteiger partial charge in [-0.1, -0.05) is 6.42 Å². The van der Waals surface area contributed by atoms with Gasteiger partial charge in [0.15, 0.2) is 11.5 Å². The van der Waals surface area contributed by atoms with Crippen molar-refractivity contribution in [1.29, 1.82) is 0 Å². The summed E-state index contributed by atoms with van der Waals surface area (Å²) in [7, 11) is 0. The molecule has 1 heterocycles. The lowest BCUT2D eigenvalue weighted by molar-refractivity contribution is -0.147. The van der Waals surface area contributed by atoms with Gasteiger partial charge in [0.2, 0.25) is 0 Å². The summed E-state index contributed by atoms with van der Waals surface area (Å²) in [6, 6.07) is 3.10. The first-order valence-electron chi connectivity index (χ1n) is 6.50. The molecule has 5 heteroatoms. The molecule has 0 unspecified atom stereocenters. The number of carbonyl (C=O) groups is 1. The molecule has 0 atom stereocenters. The van der Waals surface area contributed by atoms with Crippen molar-refractivity contribution in [1.82, 2.24) is 0 Å². The molecule has 2 N–H and O–H groups in total. The van der Waals surface area contributed by atoms with Crippen molar-refractivity contribution in [3.8, 4) is 17.2 Å². The van der Waals surface area contributed by atoms with Crippen molar-refractivity contribution < 1.29 is 24.5 Å². The lowest BCUT2D eigenvalue weighted by atomic mass is 9.64. The first kappa shape index (κ1) is 12.1. The summed E-state index contributed by atoms with van der Waals surface area (Å²) in [5, 5.41) is 19.5. The van der Waals surface area contributed by atoms with Gasteiger partial charge in [0.1, 0.15) is 5.75 Å². The quantitative estimate of drug-likeness (QED) is 0.855. The third-order valence-electron chi connectivity index (χ3n) is 4.00. The Morgan fingerprint density at radius 3 is 2.26 bits per heavy atom. The molecule has 0 saturated heterocycles. The van der Waals surface area contributed by atoms with Crippen molar-refractivity contribution >= 4 is 5.97 Å². The largest absolute Gasteiger partial charge is 0.507 e. The molecule has 0 spiro atoms. The van der Waals surface area contributed by atoms with E-state index in [4.69, 9.17) is 9.47 Å². The van der Waals surface area contributed by atoms with Crippen LogP contribution in [0.5, 0.6) is 17.2 Å². The fourth-order valence-corrected chi connectivity index (χ4v) is 2.71. The Labute approximate surface area is 110 Å². The Hall–Kier alpha value is -1.91. The van der Waals surface area contributed by atoms with Gasteiger partial charge >= 0.3 is 5.97 Å². The van der Waals surface area contributed by atoms with Crippen LogP contribution in [0.3, 0.4) is 0 Å². The lowest BCUT2D eigenvalue weighted by Crippen LogP contribution is -2.42. The number of benzene rings is 1. The van der Waals surface area contributed by atoms with Crippen LogP contribution in [0.4, 0.5) is 0 Å². The minimum absolute atomic E-state index is 0.0219. The molecule has 1 aliphatic heterocycles. The fourth-order valence-electron chi connectivity index (χ4n) is 2.71. The highest BCUT2D eigenvalue weighted by molar-refractivity contribution is 5.84. The molecule has 5 nitrogen and oxygen atoms in total. The summed E-state index contributed by atoms with van der Waals surface area (Å²) in [4.78, 5) is 11.5. The minimum atomic E-state index is -0.964. The molecule has 1 aliphatic carbocycles. The SMILES string of the molecule is O=C(O)C1(c2cc3c(cc2O)OCCCO3)CCC1. The zero-order valence-electron chi connectivity index (χ0n) is 10.5. The number of carboxylic acid groups (broad SMARTS) is 1. The normalized spacial score (nSPS) is 20.2. The van der Waals surface area contributed by atoms with Gasteiger partial charge in [-0.3, -0.25) is 4.79 Å². The van der Waals surface area contributed by atoms with E-state index in [-0.39, 0.29) is 5.75 Å². The number of ether oxygens (including phenoxy) is 2. The minimum Gasteiger partial charge on any atom is -0.507 e. The summed E-state index contributed by atoms with van der Waals surface area (Å²) < 4.78 is 11.0. The zero-order valence-corrected chi connectivity index (χ0v) is 10.5. The second-order valence-corrected chi connectivity index (χ2v) is 5.11. The van der Waals surface area contributed by atoms with Crippen molar-refractivity contribution in [3.05, 3.63) is 17.7 Å². The predicted molar refractivity (Wildman–Crippen MR) is 66.9 cm³/mol. The van der Waals surface area contributed by atoms with Crippen LogP contribution in [0.1, 0.15) is 31.2 Å². The number of carboxylic acids is 1. The summed E-state index contributed by atoms with van der Waals surface area (Å²) >= 11 is 0. The molecular weight excluding hydrogens is 248 g/mol. The van der Waals surface area contributed by atoms with Crippen LogP contribution in [0.25, 0.3) is 0 Å². The second-order valence-electron chi connectivity index (χ2n) is 5.11. The van der Waals surface area contributed by atoms with E-state index >= 15 is 0 Å². The molecule has 0 aromatic heterocycles. The van der Waals surface area contributed by atoms with Gasteiger partial charge in [-0.2, -0.15) is 0 Å². The van der Waals surface area contributed by atoms with Crippen LogP contribution in [0, 0.1) is 0 Å². The third kappa shape index (κ3) is 1.80. The Bertz CT molecular complexity index is 519. The Morgan fingerprint density at radius 1 is 1.11 bits per heavy atom. The summed E-state index contributed by atoms with van der Waals surface area (Å²) in [6.45, 7) is 1.08. The summed E-state index contributed by atoms with van der Waals surface area (Å²) in [5.74, 6) is 0.103. The monoisotopic (exact) mass is 264 g/mol. The van der Waals surface area contributed by atoms with Gasteiger partial charge in [0.05, 0.1) is 18.6 Å². The summed E-state index contributed by atoms with van der Waals surface area (Å²) in [6.07, 6.45) is 2.74. The molecule has 102 valence electrons. The van der Waals surface area contributed by atoms with Gasteiger partial charge in [-0.05, 0) is 18.9 Å². The molecule has 1 aromatic rings. The molecule has 0 bridgehead atoms. The average molecular weight is 264 g/mol. The van der Waals surface area contributed by atoms with Gasteiger partial charge in [-0.15, -0.1) is 0 Å². The number of aromatic hydroxyl groups is 1. The van der Waals surface area contributed by atoms with Gasteiger partial charge in [0, 0.05) is 18.1 Å². The maximum atomic E-state index is 11.5. The van der Waals surface area contributed by atoms with E-state index in [2.05, 4.69) is 0 Å². The highest BCUT2D eigenvalue weighted by Gasteiger charge is 2.48. The standard InChI is InChI=1S/C14H16O5/c15-10-8-12-11(18-5-2-6-19-12)7-9(10)14(13(16)17)3-1-4-14/h7-8,15H,1-6H2,(H,16,17). The second kappa shape index (κ2) is 4.33. The first-order chi connectivity index (χ1) is 9.13. The number of phenols is 1. The molecule has 19 heavy (non-hydrogen) atoms. The highest BCUT2D eigenvalue weighted by Crippen LogP contribution is 2.50. The van der Waals surface area contributed by atoms with E-state index in [0.717, 1.165) is 12.8 Å². The Morgan fingerprint density at radius 2 is 1.74 bits per heavy atom. The molecule has 1 saturated carbocycles. The highest BCUT2D eigenvalue weighted by atomic mass is 16.5. The average Bonchev–Trinajstić information content (AvgIpc) is 2.52. The maximum Gasteiger partial charge on any atom is 0.314 e. The fraction of sp³-hybridized carbons (Fsp3) is 0.500. The van der Waals surface area contributed by atoms with Crippen molar-refractivity contribution in [2.75, 3.05) is 13.2 Å². The number of fused-ring (bicyclic) bond motifs is 1. The van der Waals surface area contributed by atoms with Crippen molar-refractivity contribution in [2.24, 2.45) is 0 Å². The third-order valence-corrected chi connectivity index (χ3v) is 4.00. The zero-order chi connectivity index (χ0) is 13.5. The molecule has 0 radical (unpaired) electrons. The number of hydrogen-bond donors (Lipinski definition) is 2. The first-order valence-corrected chi connectivity index (χ1v) is 6.50. The van der Waals surface area contributed by atoms with Crippen molar-refractivity contribution in [2.45, 2.75) is 31.1 Å². The Kier molecular flexibility index (Phi) is 2.77. The van der Waals surface area contributed by atoms with Gasteiger partial charge in [-0.25, -0.2) is 0 Å². The maximum absolute atomic E-state index is 11.5. The van der Waals surface area contributed by atoms with Gasteiger partial charge in [0.25, 0.3) is 0 Å². The smallest absolute Gasteiger partial charge is 0.314 e. The number of aliphatic carboxylic acids is 1. The van der Waals surface area contributed by atoms with Gasteiger partial charge < -0.3 is 19.7 Å². The van der Waals surface area contributed by atoms with Crippen LogP contribution in [0.15, 0.2) is 12.1 Å². The molecule has 3 rings (SSSR count). The molecule has 1 aromatic carbocycles. The van der Waals surface area contributed by atoms with E-state index in [0.29, 0.717) is 43.1 Å². The van der Waals surface area contributed by atoms with E-state index in [1.807, 2.05) is 0 Å². The van der Waals surface area contributed by atoms with Crippen LogP contribution >= 0.6 is 0 Å². The number of rotatable bonds is 2. The van der Waals surface area contributed by atoms with E-state index < -0.39 is 11.4 Å². The molecule has 0 amide bonds. The van der Waals surface area contributed by atoms with Crippen LogP contribution in [0.2, 0.25) is 0 Å². The van der Waals surface area contributed by atoms with Crippen molar-refractivity contribution in [3.63, 3.8) is 0 Å². The molecule has 1 fully saturated rings. The van der Waals surface area contributed by atoms with Crippen LogP contribution in [-0.2, 0) is 10.2 Å². The lowest BCUT2D eigenvalue weighted by Gasteiger charge is -2.38. The molecular formula is C14H16O5. The van der Waals surface area contributed by atoms with E-state index in [1.165, 1.54) is 6.07 Å². The van der Waals surface area contributed by atoms with Crippen LogP contribution < -0.4 is 9.47 Å². The number of phenolic OH excluding ortho intramolecular Hbond substituents is 1. The van der Waals surface area contributed by atoms with E-state index in [1.54, 1.807) is 6.07 Å². The van der Waals surface area contributed by atoms with Crippen LogP contribution in [-0.4, -0.2) is 29.4 Å². The summed E-state index contributed by atoms with van der Waals surface area (Å²) in [5.41, 5.74) is -0.523. The predicted octanol–water partition coefficient (Wildman–Crippen LogP) is 2.06. The number of hydrogen-bond acceptors (Lipinski definition) is 4. The van der Waals surface area contributed by atoms with E-state index in [9.17, 15) is 15.0 Å². The molecule has 2 aliphatic rings. The Balaban J connectivity index is 2.07.